The molecule has 3 aromatic rings. The van der Waals surface area contributed by atoms with E-state index in [4.69, 9.17) is 5.73 Å². The zero-order chi connectivity index (χ0) is 18.1. The van der Waals surface area contributed by atoms with Gasteiger partial charge in [0.05, 0.1) is 10.9 Å². The second-order valence-electron chi connectivity index (χ2n) is 5.99. The van der Waals surface area contributed by atoms with E-state index in [0.29, 0.717) is 33.2 Å². The van der Waals surface area contributed by atoms with Gasteiger partial charge in [-0.25, -0.2) is 14.8 Å². The number of carbonyl (C=O) groups is 2. The highest BCUT2D eigenvalue weighted by Crippen LogP contribution is 2.28. The number of benzene rings is 1. The maximum absolute atomic E-state index is 12.5. The number of aromatic nitrogens is 2. The van der Waals surface area contributed by atoms with Crippen LogP contribution in [-0.4, -0.2) is 27.9 Å². The summed E-state index contributed by atoms with van der Waals surface area (Å²) in [5, 5.41) is 10.7. The number of fused-ring (bicyclic) bond motifs is 1. The summed E-state index contributed by atoms with van der Waals surface area (Å²) >= 11 is 1.34. The second-order valence-corrected chi connectivity index (χ2v) is 6.85. The first kappa shape index (κ1) is 16.3. The summed E-state index contributed by atoms with van der Waals surface area (Å²) in [6, 6.07) is 6.98. The van der Waals surface area contributed by atoms with E-state index in [1.165, 1.54) is 17.7 Å². The van der Waals surface area contributed by atoms with Gasteiger partial charge in [0.25, 0.3) is 5.91 Å². The maximum Gasteiger partial charge on any atom is 0.319 e. The van der Waals surface area contributed by atoms with Crippen LogP contribution in [0.5, 0.6) is 0 Å². The summed E-state index contributed by atoms with van der Waals surface area (Å²) in [6.45, 7) is 0. The van der Waals surface area contributed by atoms with Gasteiger partial charge in [0.1, 0.15) is 17.0 Å². The Labute approximate surface area is 152 Å². The third-order valence-electron chi connectivity index (χ3n) is 3.96. The van der Waals surface area contributed by atoms with Gasteiger partial charge in [-0.3, -0.25) is 4.79 Å². The number of hydrogen-bond acceptors (Lipinski definition) is 6. The summed E-state index contributed by atoms with van der Waals surface area (Å²) in [6.07, 6.45) is 3.44. The number of carbonyl (C=O) groups excluding carboxylic acids is 2. The molecule has 8 nitrogen and oxygen atoms in total. The average Bonchev–Trinajstić information content (AvgIpc) is 3.31. The Bertz CT molecular complexity index is 981. The van der Waals surface area contributed by atoms with E-state index < -0.39 is 0 Å². The fraction of sp³-hybridized carbons (Fsp3) is 0.176. The standard InChI is InChI=1S/C17H16N6O2S/c18-14-13-12(7-26-16(13)20-8-19-14)15(24)21-9-1-3-10(4-2-9)22-17(25)23-11-5-6-11/h1-4,7-8,11H,5-6H2,(H,21,24)(H2,18,19,20)(H2,22,23,25). The van der Waals surface area contributed by atoms with Crippen LogP contribution in [0.1, 0.15) is 23.2 Å². The van der Waals surface area contributed by atoms with Crippen molar-refractivity contribution in [3.63, 3.8) is 0 Å². The van der Waals surface area contributed by atoms with E-state index >= 15 is 0 Å². The van der Waals surface area contributed by atoms with Crippen molar-refractivity contribution in [3.05, 3.63) is 41.5 Å². The molecule has 26 heavy (non-hydrogen) atoms. The lowest BCUT2D eigenvalue weighted by Gasteiger charge is -2.08. The zero-order valence-electron chi connectivity index (χ0n) is 13.7. The molecule has 0 atom stereocenters. The van der Waals surface area contributed by atoms with Gasteiger partial charge in [0.2, 0.25) is 0 Å². The van der Waals surface area contributed by atoms with Crippen LogP contribution in [0.2, 0.25) is 0 Å². The number of amides is 3. The van der Waals surface area contributed by atoms with E-state index in [2.05, 4.69) is 25.9 Å². The fourth-order valence-corrected chi connectivity index (χ4v) is 3.38. The third kappa shape index (κ3) is 3.42. The molecule has 1 saturated carbocycles. The molecule has 0 aliphatic heterocycles. The molecule has 9 heteroatoms. The Hall–Kier alpha value is -3.20. The third-order valence-corrected chi connectivity index (χ3v) is 4.84. The monoisotopic (exact) mass is 368 g/mol. The van der Waals surface area contributed by atoms with Crippen molar-refractivity contribution in [1.29, 1.82) is 0 Å². The second kappa shape index (κ2) is 6.60. The number of hydrogen-bond donors (Lipinski definition) is 4. The summed E-state index contributed by atoms with van der Waals surface area (Å²) in [4.78, 5) is 33.0. The minimum absolute atomic E-state index is 0.218. The number of nitrogen functional groups attached to an aromatic ring is 1. The first-order valence-electron chi connectivity index (χ1n) is 8.07. The fourth-order valence-electron chi connectivity index (χ4n) is 2.48. The predicted octanol–water partition coefficient (Wildman–Crippen LogP) is 2.81. The Morgan fingerprint density at radius 1 is 1.08 bits per heavy atom. The van der Waals surface area contributed by atoms with Gasteiger partial charge in [-0.15, -0.1) is 11.3 Å². The highest BCUT2D eigenvalue weighted by Gasteiger charge is 2.23. The van der Waals surface area contributed by atoms with Crippen molar-refractivity contribution >= 4 is 50.7 Å². The molecule has 1 aliphatic carbocycles. The molecule has 5 N–H and O–H groups in total. The van der Waals surface area contributed by atoms with Gasteiger partial charge in [0, 0.05) is 22.8 Å². The number of nitrogens with zero attached hydrogens (tertiary/aromatic N) is 2. The highest BCUT2D eigenvalue weighted by molar-refractivity contribution is 7.17. The van der Waals surface area contributed by atoms with Crippen LogP contribution in [0, 0.1) is 0 Å². The molecule has 0 unspecified atom stereocenters. The molecule has 0 saturated heterocycles. The highest BCUT2D eigenvalue weighted by atomic mass is 32.1. The van der Waals surface area contributed by atoms with Gasteiger partial charge in [-0.1, -0.05) is 0 Å². The van der Waals surface area contributed by atoms with E-state index in [-0.39, 0.29) is 17.8 Å². The molecule has 1 fully saturated rings. The minimum Gasteiger partial charge on any atom is -0.383 e. The Kier molecular flexibility index (Phi) is 4.13. The van der Waals surface area contributed by atoms with Crippen molar-refractivity contribution in [3.8, 4) is 0 Å². The molecule has 0 spiro atoms. The molecule has 0 radical (unpaired) electrons. The SMILES string of the molecule is Nc1ncnc2scc(C(=O)Nc3ccc(NC(=O)NC4CC4)cc3)c12. The van der Waals surface area contributed by atoms with Crippen LogP contribution in [0.3, 0.4) is 0 Å². The number of nitrogens with two attached hydrogens (primary N) is 1. The smallest absolute Gasteiger partial charge is 0.319 e. The van der Waals surface area contributed by atoms with Crippen LogP contribution in [0.4, 0.5) is 22.0 Å². The lowest BCUT2D eigenvalue weighted by Crippen LogP contribution is -2.30. The van der Waals surface area contributed by atoms with Gasteiger partial charge >= 0.3 is 6.03 Å². The molecule has 2 aromatic heterocycles. The average molecular weight is 368 g/mol. The lowest BCUT2D eigenvalue weighted by atomic mass is 10.2. The molecule has 2 heterocycles. The molecule has 3 amide bonds. The Morgan fingerprint density at radius 2 is 1.77 bits per heavy atom. The Morgan fingerprint density at radius 3 is 2.46 bits per heavy atom. The quantitative estimate of drug-likeness (QED) is 0.564. The molecule has 4 rings (SSSR count). The van der Waals surface area contributed by atoms with Crippen molar-refractivity contribution in [1.82, 2.24) is 15.3 Å². The first-order valence-corrected chi connectivity index (χ1v) is 8.95. The first-order chi connectivity index (χ1) is 12.6. The number of anilines is 3. The van der Waals surface area contributed by atoms with Gasteiger partial charge in [-0.2, -0.15) is 0 Å². The van der Waals surface area contributed by atoms with E-state index in [9.17, 15) is 9.59 Å². The van der Waals surface area contributed by atoms with Crippen molar-refractivity contribution in [2.75, 3.05) is 16.4 Å². The molecule has 132 valence electrons. The largest absolute Gasteiger partial charge is 0.383 e. The number of urea groups is 1. The van der Waals surface area contributed by atoms with Crippen LogP contribution in [0.25, 0.3) is 10.2 Å². The normalized spacial score (nSPS) is 13.4. The number of nitrogens with one attached hydrogen (secondary N) is 3. The van der Waals surface area contributed by atoms with E-state index in [1.54, 1.807) is 29.6 Å². The van der Waals surface area contributed by atoms with Crippen molar-refractivity contribution < 1.29 is 9.59 Å². The minimum atomic E-state index is -0.287. The molecular formula is C17H16N6O2S. The van der Waals surface area contributed by atoms with Crippen molar-refractivity contribution in [2.24, 2.45) is 0 Å². The van der Waals surface area contributed by atoms with Crippen LogP contribution in [-0.2, 0) is 0 Å². The lowest BCUT2D eigenvalue weighted by molar-refractivity contribution is 0.102. The molecular weight excluding hydrogens is 352 g/mol. The predicted molar refractivity (Wildman–Crippen MR) is 101 cm³/mol. The van der Waals surface area contributed by atoms with Gasteiger partial charge in [0.15, 0.2) is 0 Å². The number of rotatable bonds is 4. The molecule has 1 aromatic carbocycles. The summed E-state index contributed by atoms with van der Waals surface area (Å²) < 4.78 is 0. The maximum atomic E-state index is 12.5. The summed E-state index contributed by atoms with van der Waals surface area (Å²) in [7, 11) is 0. The van der Waals surface area contributed by atoms with Crippen LogP contribution in [0.15, 0.2) is 36.0 Å². The number of thiophene rings is 1. The van der Waals surface area contributed by atoms with E-state index in [0.717, 1.165) is 12.8 Å². The summed E-state index contributed by atoms with van der Waals surface area (Å²) in [5.41, 5.74) is 7.57. The van der Waals surface area contributed by atoms with Gasteiger partial charge < -0.3 is 21.7 Å². The Balaban J connectivity index is 1.44. The molecule has 1 aliphatic rings. The molecule has 0 bridgehead atoms. The zero-order valence-corrected chi connectivity index (χ0v) is 14.5. The van der Waals surface area contributed by atoms with Gasteiger partial charge in [-0.05, 0) is 37.1 Å². The van der Waals surface area contributed by atoms with Crippen LogP contribution < -0.4 is 21.7 Å². The summed E-state index contributed by atoms with van der Waals surface area (Å²) in [5.74, 6) is -0.00689. The van der Waals surface area contributed by atoms with Crippen molar-refractivity contribution in [2.45, 2.75) is 18.9 Å². The van der Waals surface area contributed by atoms with Crippen LogP contribution >= 0.6 is 11.3 Å². The topological polar surface area (TPSA) is 122 Å². The van der Waals surface area contributed by atoms with E-state index in [1.807, 2.05) is 0 Å².